The van der Waals surface area contributed by atoms with E-state index in [9.17, 15) is 4.79 Å². The Balaban J connectivity index is 1.67. The molecule has 1 aromatic carbocycles. The van der Waals surface area contributed by atoms with Gasteiger partial charge < -0.3 is 9.30 Å². The zero-order valence-electron chi connectivity index (χ0n) is 16.0. The van der Waals surface area contributed by atoms with E-state index < -0.39 is 0 Å². The average molecular weight is 480 g/mol. The van der Waals surface area contributed by atoms with Gasteiger partial charge in [0.15, 0.2) is 0 Å². The number of morpholine rings is 1. The third kappa shape index (κ3) is 4.97. The van der Waals surface area contributed by atoms with Crippen LogP contribution in [0.4, 0.5) is 0 Å². The van der Waals surface area contributed by atoms with Gasteiger partial charge >= 0.3 is 0 Å². The van der Waals surface area contributed by atoms with Crippen molar-refractivity contribution in [2.75, 3.05) is 32.8 Å². The molecule has 0 bridgehead atoms. The number of amides is 1. The number of benzene rings is 1. The molecule has 2 heterocycles. The topological polar surface area (TPSA) is 58.9 Å². The van der Waals surface area contributed by atoms with E-state index in [0.717, 1.165) is 35.7 Å². The molecule has 0 aliphatic carbocycles. The van der Waals surface area contributed by atoms with E-state index in [1.54, 1.807) is 6.21 Å². The number of ether oxygens (including phenoxy) is 1. The van der Waals surface area contributed by atoms with E-state index in [4.69, 9.17) is 4.74 Å². The number of aryl methyl sites for hydroxylation is 2. The van der Waals surface area contributed by atoms with E-state index in [-0.39, 0.29) is 5.91 Å². The number of aromatic nitrogens is 1. The molecule has 0 atom stereocenters. The summed E-state index contributed by atoms with van der Waals surface area (Å²) < 4.78 is 8.75. The van der Waals surface area contributed by atoms with Crippen LogP contribution in [-0.4, -0.2) is 54.4 Å². The highest BCUT2D eigenvalue weighted by atomic mass is 127. The van der Waals surface area contributed by atoms with Gasteiger partial charge in [-0.05, 0) is 73.2 Å². The number of hydrogen-bond donors (Lipinski definition) is 1. The highest BCUT2D eigenvalue weighted by Gasteiger charge is 2.14. The van der Waals surface area contributed by atoms with Gasteiger partial charge in [0.05, 0.1) is 26.0 Å². The molecule has 0 unspecified atom stereocenters. The van der Waals surface area contributed by atoms with Crippen molar-refractivity contribution in [1.29, 1.82) is 0 Å². The number of nitrogens with one attached hydrogen (secondary N) is 1. The molecule has 7 heteroatoms. The van der Waals surface area contributed by atoms with Gasteiger partial charge in [0.2, 0.25) is 0 Å². The molecule has 0 radical (unpaired) electrons. The maximum atomic E-state index is 12.0. The number of carbonyl (C=O) groups is 1. The van der Waals surface area contributed by atoms with Crippen LogP contribution in [0, 0.1) is 24.3 Å². The Morgan fingerprint density at radius 3 is 2.70 bits per heavy atom. The standard InChI is InChI=1S/C20H25IN4O2/c1-14-10-18(4-5-19(14)21)25-15(2)11-17(16(25)3)12-22-23-20(26)13-24-6-8-27-9-7-24/h4-5,10-12H,6-9,13H2,1-3H3,(H,23,26)/b22-12-. The summed E-state index contributed by atoms with van der Waals surface area (Å²) in [7, 11) is 0. The third-order valence-corrected chi connectivity index (χ3v) is 5.94. The van der Waals surface area contributed by atoms with Crippen LogP contribution in [0.5, 0.6) is 0 Å². The second-order valence-electron chi connectivity index (χ2n) is 6.78. The summed E-state index contributed by atoms with van der Waals surface area (Å²) in [4.78, 5) is 14.1. The molecule has 1 saturated heterocycles. The van der Waals surface area contributed by atoms with Crippen molar-refractivity contribution < 1.29 is 9.53 Å². The summed E-state index contributed by atoms with van der Waals surface area (Å²) in [6, 6.07) is 8.52. The van der Waals surface area contributed by atoms with Crippen LogP contribution < -0.4 is 5.43 Å². The SMILES string of the molecule is Cc1cc(-n2c(C)cc(/C=N\NC(=O)CN3CCOCC3)c2C)ccc1I. The van der Waals surface area contributed by atoms with Crippen molar-refractivity contribution in [2.24, 2.45) is 5.10 Å². The number of carbonyl (C=O) groups excluding carboxylic acids is 1. The normalized spacial score (nSPS) is 15.4. The number of hydrogen-bond acceptors (Lipinski definition) is 4. The maximum absolute atomic E-state index is 12.0. The zero-order valence-corrected chi connectivity index (χ0v) is 18.1. The highest BCUT2D eigenvalue weighted by Crippen LogP contribution is 2.22. The number of halogens is 1. The predicted molar refractivity (Wildman–Crippen MR) is 116 cm³/mol. The summed E-state index contributed by atoms with van der Waals surface area (Å²) in [5.41, 5.74) is 8.25. The van der Waals surface area contributed by atoms with Crippen LogP contribution in [0.2, 0.25) is 0 Å². The average Bonchev–Trinajstić information content (AvgIpc) is 2.92. The van der Waals surface area contributed by atoms with Crippen LogP contribution in [0.25, 0.3) is 5.69 Å². The molecule has 2 aromatic rings. The molecule has 1 N–H and O–H groups in total. The molecule has 0 saturated carbocycles. The molecule has 1 amide bonds. The largest absolute Gasteiger partial charge is 0.379 e. The van der Waals surface area contributed by atoms with E-state index in [1.165, 1.54) is 9.13 Å². The fourth-order valence-corrected chi connectivity index (χ4v) is 3.59. The van der Waals surface area contributed by atoms with Crippen molar-refractivity contribution in [3.8, 4) is 5.69 Å². The second-order valence-corrected chi connectivity index (χ2v) is 7.94. The lowest BCUT2D eigenvalue weighted by Crippen LogP contribution is -2.42. The van der Waals surface area contributed by atoms with E-state index in [0.29, 0.717) is 19.8 Å². The summed E-state index contributed by atoms with van der Waals surface area (Å²) >= 11 is 2.35. The molecule has 3 rings (SSSR count). The van der Waals surface area contributed by atoms with Crippen LogP contribution in [0.3, 0.4) is 0 Å². The first kappa shape index (κ1) is 20.0. The smallest absolute Gasteiger partial charge is 0.254 e. The van der Waals surface area contributed by atoms with Gasteiger partial charge in [0, 0.05) is 39.3 Å². The van der Waals surface area contributed by atoms with Gasteiger partial charge in [0.1, 0.15) is 0 Å². The molecule has 1 aliphatic rings. The van der Waals surface area contributed by atoms with Crippen LogP contribution in [0.15, 0.2) is 29.4 Å². The van der Waals surface area contributed by atoms with E-state index >= 15 is 0 Å². The fraction of sp³-hybridized carbons (Fsp3) is 0.400. The molecule has 6 nitrogen and oxygen atoms in total. The Morgan fingerprint density at radius 1 is 1.26 bits per heavy atom. The molecule has 144 valence electrons. The summed E-state index contributed by atoms with van der Waals surface area (Å²) in [6.07, 6.45) is 1.72. The zero-order chi connectivity index (χ0) is 19.4. The molecular weight excluding hydrogens is 455 g/mol. The molecule has 1 aromatic heterocycles. The first-order chi connectivity index (χ1) is 13.0. The first-order valence-electron chi connectivity index (χ1n) is 9.03. The minimum absolute atomic E-state index is 0.102. The van der Waals surface area contributed by atoms with Crippen molar-refractivity contribution in [3.63, 3.8) is 0 Å². The van der Waals surface area contributed by atoms with Gasteiger partial charge in [-0.2, -0.15) is 5.10 Å². The van der Waals surface area contributed by atoms with Crippen molar-refractivity contribution >= 4 is 34.7 Å². The Kier molecular flexibility index (Phi) is 6.67. The maximum Gasteiger partial charge on any atom is 0.254 e. The van der Waals surface area contributed by atoms with Gasteiger partial charge in [-0.1, -0.05) is 0 Å². The minimum atomic E-state index is -0.102. The lowest BCUT2D eigenvalue weighted by atomic mass is 10.2. The molecule has 1 aliphatic heterocycles. The summed E-state index contributed by atoms with van der Waals surface area (Å²) in [6.45, 7) is 9.54. The van der Waals surface area contributed by atoms with Crippen molar-refractivity contribution in [3.05, 3.63) is 50.4 Å². The Hall–Kier alpha value is -1.71. The molecule has 1 fully saturated rings. The fourth-order valence-electron chi connectivity index (χ4n) is 3.26. The van der Waals surface area contributed by atoms with Crippen molar-refractivity contribution in [2.45, 2.75) is 20.8 Å². The Bertz CT molecular complexity index is 854. The Labute approximate surface area is 173 Å². The molecule has 0 spiro atoms. The van der Waals surface area contributed by atoms with E-state index in [2.05, 4.69) is 87.6 Å². The van der Waals surface area contributed by atoms with Crippen LogP contribution in [0.1, 0.15) is 22.5 Å². The monoisotopic (exact) mass is 480 g/mol. The number of nitrogens with zero attached hydrogens (tertiary/aromatic N) is 3. The first-order valence-corrected chi connectivity index (χ1v) is 10.1. The Morgan fingerprint density at radius 2 is 2.00 bits per heavy atom. The minimum Gasteiger partial charge on any atom is -0.379 e. The quantitative estimate of drug-likeness (QED) is 0.407. The molecular formula is C20H25IN4O2. The van der Waals surface area contributed by atoms with Gasteiger partial charge in [-0.25, -0.2) is 5.43 Å². The third-order valence-electron chi connectivity index (χ3n) is 4.73. The predicted octanol–water partition coefficient (Wildman–Crippen LogP) is 2.79. The number of rotatable bonds is 5. The van der Waals surface area contributed by atoms with Gasteiger partial charge in [0.25, 0.3) is 5.91 Å². The van der Waals surface area contributed by atoms with Crippen LogP contribution in [-0.2, 0) is 9.53 Å². The summed E-state index contributed by atoms with van der Waals surface area (Å²) in [5.74, 6) is -0.102. The van der Waals surface area contributed by atoms with Crippen LogP contribution >= 0.6 is 22.6 Å². The second kappa shape index (κ2) is 8.99. The molecule has 27 heavy (non-hydrogen) atoms. The van der Waals surface area contributed by atoms with Crippen molar-refractivity contribution in [1.82, 2.24) is 14.9 Å². The summed E-state index contributed by atoms with van der Waals surface area (Å²) in [5, 5.41) is 4.15. The van der Waals surface area contributed by atoms with Gasteiger partial charge in [-0.3, -0.25) is 9.69 Å². The number of hydrazone groups is 1. The highest BCUT2D eigenvalue weighted by molar-refractivity contribution is 14.1. The van der Waals surface area contributed by atoms with E-state index in [1.807, 2.05) is 0 Å². The lowest BCUT2D eigenvalue weighted by molar-refractivity contribution is -0.123. The van der Waals surface area contributed by atoms with Gasteiger partial charge in [-0.15, -0.1) is 0 Å². The lowest BCUT2D eigenvalue weighted by Gasteiger charge is -2.25.